The second-order valence-electron chi connectivity index (χ2n) is 14.0. The van der Waals surface area contributed by atoms with Crippen molar-refractivity contribution in [2.45, 2.75) is 0 Å². The lowest BCUT2D eigenvalue weighted by Gasteiger charge is -2.15. The molecule has 0 bridgehead atoms. The van der Waals surface area contributed by atoms with Crippen LogP contribution < -0.4 is 0 Å². The van der Waals surface area contributed by atoms with E-state index < -0.39 is 0 Å². The summed E-state index contributed by atoms with van der Waals surface area (Å²) in [5.74, 6) is 1.89. The molecular weight excluding hydrogens is 701 g/mol. The van der Waals surface area contributed by atoms with Gasteiger partial charge in [0, 0.05) is 48.6 Å². The maximum Gasteiger partial charge on any atom is 0.164 e. The average molecular weight is 733 g/mol. The SMILES string of the molecule is c1ccc(-c2cc(-c3nc(-c4ccccc4)nc(-c4ccccc4)n3)cc(-n3c4cccc(-c5ccccc5)c4c4ccc5c6ccccc6sc5c43)c2)cc1. The van der Waals surface area contributed by atoms with Gasteiger partial charge in [0.1, 0.15) is 0 Å². The van der Waals surface area contributed by atoms with Gasteiger partial charge in [-0.25, -0.2) is 15.0 Å². The summed E-state index contributed by atoms with van der Waals surface area (Å²) in [4.78, 5) is 15.4. The lowest BCUT2D eigenvalue weighted by molar-refractivity contribution is 1.07. The molecule has 5 heteroatoms. The van der Waals surface area contributed by atoms with Crippen LogP contribution >= 0.6 is 11.3 Å². The molecular formula is C51H32N4S. The topological polar surface area (TPSA) is 43.6 Å². The number of fused-ring (bicyclic) bond motifs is 7. The van der Waals surface area contributed by atoms with Gasteiger partial charge in [0.05, 0.1) is 15.7 Å². The highest BCUT2D eigenvalue weighted by Gasteiger charge is 2.22. The second-order valence-corrected chi connectivity index (χ2v) is 15.1. The van der Waals surface area contributed by atoms with E-state index in [-0.39, 0.29) is 0 Å². The maximum atomic E-state index is 5.18. The number of nitrogens with zero attached hydrogens (tertiary/aromatic N) is 4. The van der Waals surface area contributed by atoms with Gasteiger partial charge in [0.2, 0.25) is 0 Å². The molecule has 0 spiro atoms. The quantitative estimate of drug-likeness (QED) is 0.171. The van der Waals surface area contributed by atoms with Crippen LogP contribution in [-0.2, 0) is 0 Å². The summed E-state index contributed by atoms with van der Waals surface area (Å²) in [5.41, 5.74) is 10.8. The van der Waals surface area contributed by atoms with Gasteiger partial charge in [0.25, 0.3) is 0 Å². The second kappa shape index (κ2) is 13.3. The van der Waals surface area contributed by atoms with Gasteiger partial charge in [-0.1, -0.05) is 164 Å². The molecule has 0 aliphatic carbocycles. The standard InChI is InChI=1S/C51H32N4S/c1-5-16-33(17-6-1)37-30-38(51-53-49(35-20-9-3-10-21-35)52-50(54-51)36-22-11-4-12-23-36)32-39(31-37)55-44-26-15-25-40(34-18-7-2-8-19-34)46(44)43-29-28-42-41-24-13-14-27-45(41)56-48(42)47(43)55/h1-32H. The van der Waals surface area contributed by atoms with Crippen molar-refractivity contribution in [1.82, 2.24) is 19.5 Å². The lowest BCUT2D eigenvalue weighted by Crippen LogP contribution is -2.02. The largest absolute Gasteiger partial charge is 0.308 e. The molecule has 262 valence electrons. The van der Waals surface area contributed by atoms with E-state index in [4.69, 9.17) is 15.0 Å². The van der Waals surface area contributed by atoms with Crippen molar-refractivity contribution in [3.63, 3.8) is 0 Å². The number of aromatic nitrogens is 4. The minimum absolute atomic E-state index is 0.620. The molecule has 56 heavy (non-hydrogen) atoms. The number of hydrogen-bond donors (Lipinski definition) is 0. The highest BCUT2D eigenvalue weighted by Crippen LogP contribution is 2.46. The third kappa shape index (κ3) is 5.40. The lowest BCUT2D eigenvalue weighted by atomic mass is 9.99. The smallest absolute Gasteiger partial charge is 0.164 e. The van der Waals surface area contributed by atoms with Crippen LogP contribution in [0.2, 0.25) is 0 Å². The van der Waals surface area contributed by atoms with E-state index in [1.807, 2.05) is 47.7 Å². The van der Waals surface area contributed by atoms with Crippen molar-refractivity contribution in [2.75, 3.05) is 0 Å². The Bertz CT molecular complexity index is 3170. The Hall–Kier alpha value is -7.21. The van der Waals surface area contributed by atoms with E-state index in [9.17, 15) is 0 Å². The van der Waals surface area contributed by atoms with Gasteiger partial charge >= 0.3 is 0 Å². The Morgan fingerprint density at radius 1 is 0.375 bits per heavy atom. The fraction of sp³-hybridized carbons (Fsp3) is 0. The van der Waals surface area contributed by atoms with Crippen molar-refractivity contribution >= 4 is 53.3 Å². The number of thiophene rings is 1. The van der Waals surface area contributed by atoms with Gasteiger partial charge in [-0.15, -0.1) is 11.3 Å². The number of benzene rings is 8. The number of rotatable bonds is 6. The zero-order valence-corrected chi connectivity index (χ0v) is 31.0. The first-order valence-corrected chi connectivity index (χ1v) is 19.6. The molecule has 4 nitrogen and oxygen atoms in total. The van der Waals surface area contributed by atoms with E-state index in [0.717, 1.165) is 39.0 Å². The Morgan fingerprint density at radius 2 is 0.911 bits per heavy atom. The van der Waals surface area contributed by atoms with Crippen LogP contribution in [0.3, 0.4) is 0 Å². The molecule has 8 aromatic carbocycles. The summed E-state index contributed by atoms with van der Waals surface area (Å²) in [7, 11) is 0. The molecule has 0 radical (unpaired) electrons. The Balaban J connectivity index is 1.25. The van der Waals surface area contributed by atoms with Gasteiger partial charge in [-0.2, -0.15) is 0 Å². The van der Waals surface area contributed by atoms with Gasteiger partial charge in [-0.05, 0) is 52.6 Å². The van der Waals surface area contributed by atoms with Crippen LogP contribution in [0, 0.1) is 0 Å². The minimum Gasteiger partial charge on any atom is -0.308 e. The molecule has 11 rings (SSSR count). The number of hydrogen-bond acceptors (Lipinski definition) is 4. The van der Waals surface area contributed by atoms with Crippen LogP contribution in [0.15, 0.2) is 194 Å². The zero-order chi connectivity index (χ0) is 37.0. The molecule has 3 aromatic heterocycles. The molecule has 0 N–H and O–H groups in total. The zero-order valence-electron chi connectivity index (χ0n) is 30.2. The molecule has 0 amide bonds. The first-order chi connectivity index (χ1) is 27.8. The fourth-order valence-corrected chi connectivity index (χ4v) is 9.30. The molecule has 11 aromatic rings. The molecule has 0 fully saturated rings. The van der Waals surface area contributed by atoms with Crippen LogP contribution in [0.1, 0.15) is 0 Å². The van der Waals surface area contributed by atoms with Gasteiger partial charge < -0.3 is 4.57 Å². The predicted octanol–water partition coefficient (Wildman–Crippen LogP) is 13.7. The first kappa shape index (κ1) is 32.2. The highest BCUT2D eigenvalue weighted by molar-refractivity contribution is 7.26. The van der Waals surface area contributed by atoms with E-state index in [2.05, 4.69) is 162 Å². The Kier molecular flexibility index (Phi) is 7.64. The molecule has 0 aliphatic rings. The predicted molar refractivity (Wildman–Crippen MR) is 234 cm³/mol. The van der Waals surface area contributed by atoms with E-state index >= 15 is 0 Å². The normalized spacial score (nSPS) is 11.6. The molecule has 0 saturated carbocycles. The van der Waals surface area contributed by atoms with E-state index in [1.54, 1.807) is 0 Å². The first-order valence-electron chi connectivity index (χ1n) is 18.8. The van der Waals surface area contributed by atoms with Crippen LogP contribution in [0.25, 0.3) is 104 Å². The summed E-state index contributed by atoms with van der Waals surface area (Å²) >= 11 is 1.86. The van der Waals surface area contributed by atoms with Crippen LogP contribution in [0.4, 0.5) is 0 Å². The minimum atomic E-state index is 0.620. The maximum absolute atomic E-state index is 5.18. The molecule has 3 heterocycles. The Labute approximate surface area is 327 Å². The molecule has 0 unspecified atom stereocenters. The molecule has 0 saturated heterocycles. The van der Waals surface area contributed by atoms with Gasteiger partial charge in [-0.3, -0.25) is 0 Å². The van der Waals surface area contributed by atoms with Gasteiger partial charge in [0.15, 0.2) is 17.5 Å². The fourth-order valence-electron chi connectivity index (χ4n) is 8.06. The third-order valence-electron chi connectivity index (χ3n) is 10.6. The van der Waals surface area contributed by atoms with E-state index in [0.29, 0.717) is 17.5 Å². The van der Waals surface area contributed by atoms with Crippen molar-refractivity contribution in [3.05, 3.63) is 194 Å². The summed E-state index contributed by atoms with van der Waals surface area (Å²) in [6.45, 7) is 0. The molecule has 0 aliphatic heterocycles. The van der Waals surface area contributed by atoms with Crippen molar-refractivity contribution in [1.29, 1.82) is 0 Å². The molecule has 0 atom stereocenters. The van der Waals surface area contributed by atoms with E-state index in [1.165, 1.54) is 47.6 Å². The summed E-state index contributed by atoms with van der Waals surface area (Å²) < 4.78 is 5.02. The van der Waals surface area contributed by atoms with Crippen LogP contribution in [-0.4, -0.2) is 19.5 Å². The van der Waals surface area contributed by atoms with Crippen molar-refractivity contribution in [2.24, 2.45) is 0 Å². The summed E-state index contributed by atoms with van der Waals surface area (Å²) in [6, 6.07) is 68.6. The highest BCUT2D eigenvalue weighted by atomic mass is 32.1. The summed E-state index contributed by atoms with van der Waals surface area (Å²) in [6.07, 6.45) is 0. The average Bonchev–Trinajstić information content (AvgIpc) is 3.83. The van der Waals surface area contributed by atoms with Crippen LogP contribution in [0.5, 0.6) is 0 Å². The summed E-state index contributed by atoms with van der Waals surface area (Å²) in [5, 5.41) is 5.00. The Morgan fingerprint density at radius 3 is 1.57 bits per heavy atom. The monoisotopic (exact) mass is 732 g/mol. The third-order valence-corrected chi connectivity index (χ3v) is 11.8. The van der Waals surface area contributed by atoms with Crippen molar-refractivity contribution < 1.29 is 0 Å². The van der Waals surface area contributed by atoms with Crippen molar-refractivity contribution in [3.8, 4) is 62.1 Å².